The first-order chi connectivity index (χ1) is 8.80. The molecule has 0 heterocycles. The van der Waals surface area contributed by atoms with Crippen LogP contribution in [0.1, 0.15) is 5.56 Å². The van der Waals surface area contributed by atoms with Crippen LogP contribution < -0.4 is 0 Å². The van der Waals surface area contributed by atoms with Gasteiger partial charge in [-0.05, 0) is 18.2 Å². The molecule has 0 aliphatic heterocycles. The summed E-state index contributed by atoms with van der Waals surface area (Å²) in [6, 6.07) is 5.48. The average Bonchev–Trinajstić information content (AvgIpc) is 2.29. The smallest absolute Gasteiger partial charge is 0.206 e. The Morgan fingerprint density at radius 3 is 1.89 bits per heavy atom. The lowest BCUT2D eigenvalue weighted by Gasteiger charge is -2.10. The number of hydrogen-bond acceptors (Lipinski definition) is 0. The first-order valence-electron chi connectivity index (χ1n) is 5.04. The van der Waals surface area contributed by atoms with E-state index in [4.69, 9.17) is 0 Å². The van der Waals surface area contributed by atoms with E-state index in [0.717, 1.165) is 18.2 Å². The Bertz CT molecular complexity index is 595. The number of benzene rings is 2. The predicted octanol–water partition coefficient (Wildman–Crippen LogP) is 4.59. The molecule has 0 nitrogen and oxygen atoms in total. The van der Waals surface area contributed by atoms with E-state index in [1.165, 1.54) is 6.07 Å². The van der Waals surface area contributed by atoms with Gasteiger partial charge in [-0.1, -0.05) is 12.1 Å². The quantitative estimate of drug-likeness (QED) is 0.668. The van der Waals surface area contributed by atoms with Crippen LogP contribution in [0.25, 0.3) is 11.1 Å². The molecular formula is C13H5F6. The number of halogens is 6. The van der Waals surface area contributed by atoms with Crippen LogP contribution in [-0.4, -0.2) is 0 Å². The van der Waals surface area contributed by atoms with Gasteiger partial charge in [-0.3, -0.25) is 0 Å². The summed E-state index contributed by atoms with van der Waals surface area (Å²) >= 11 is 0. The SMILES string of the molecule is Fc1[c]c(C(F)(F)F)ccc1-c1c(F)cccc1F. The summed E-state index contributed by atoms with van der Waals surface area (Å²) in [5.41, 5.74) is -2.67. The Morgan fingerprint density at radius 1 is 0.842 bits per heavy atom. The third-order valence-corrected chi connectivity index (χ3v) is 2.44. The van der Waals surface area contributed by atoms with Crippen molar-refractivity contribution in [3.63, 3.8) is 0 Å². The minimum atomic E-state index is -4.77. The highest BCUT2D eigenvalue weighted by Gasteiger charge is 2.32. The standard InChI is InChI=1S/C13H5F6/c14-9-2-1-3-10(15)12(9)8-5-4-7(6-11(8)16)13(17,18)19/h1-5H. The van der Waals surface area contributed by atoms with Crippen LogP contribution >= 0.6 is 0 Å². The maximum atomic E-state index is 13.5. The number of rotatable bonds is 1. The molecule has 99 valence electrons. The van der Waals surface area contributed by atoms with E-state index >= 15 is 0 Å². The van der Waals surface area contributed by atoms with Crippen LogP contribution in [0.2, 0.25) is 0 Å². The summed E-state index contributed by atoms with van der Waals surface area (Å²) in [4.78, 5) is 0. The summed E-state index contributed by atoms with van der Waals surface area (Å²) in [7, 11) is 0. The van der Waals surface area contributed by atoms with Gasteiger partial charge in [0.1, 0.15) is 17.5 Å². The zero-order valence-electron chi connectivity index (χ0n) is 9.15. The zero-order chi connectivity index (χ0) is 14.2. The van der Waals surface area contributed by atoms with E-state index in [9.17, 15) is 26.3 Å². The third kappa shape index (κ3) is 2.57. The van der Waals surface area contributed by atoms with E-state index in [1.807, 2.05) is 0 Å². The molecule has 0 aliphatic carbocycles. The van der Waals surface area contributed by atoms with Crippen molar-refractivity contribution in [2.75, 3.05) is 0 Å². The molecule has 0 bridgehead atoms. The number of alkyl halides is 3. The highest BCUT2D eigenvalue weighted by molar-refractivity contribution is 5.65. The summed E-state index contributed by atoms with van der Waals surface area (Å²) in [6.07, 6.45) is -4.77. The van der Waals surface area contributed by atoms with E-state index < -0.39 is 40.3 Å². The molecule has 6 heteroatoms. The molecule has 0 saturated heterocycles. The predicted molar refractivity (Wildman–Crippen MR) is 55.6 cm³/mol. The lowest BCUT2D eigenvalue weighted by Crippen LogP contribution is -2.06. The Morgan fingerprint density at radius 2 is 1.42 bits per heavy atom. The summed E-state index contributed by atoms with van der Waals surface area (Å²) in [5, 5.41) is 0. The highest BCUT2D eigenvalue weighted by Crippen LogP contribution is 2.33. The van der Waals surface area contributed by atoms with Crippen LogP contribution in [0.5, 0.6) is 0 Å². The second-order valence-electron chi connectivity index (χ2n) is 3.69. The van der Waals surface area contributed by atoms with Crippen LogP contribution in [0.3, 0.4) is 0 Å². The molecule has 0 saturated carbocycles. The molecule has 2 aromatic rings. The van der Waals surface area contributed by atoms with Crippen molar-refractivity contribution in [1.82, 2.24) is 0 Å². The molecule has 0 unspecified atom stereocenters. The second-order valence-corrected chi connectivity index (χ2v) is 3.69. The first-order valence-corrected chi connectivity index (χ1v) is 5.04. The maximum absolute atomic E-state index is 13.5. The van der Waals surface area contributed by atoms with Crippen LogP contribution in [-0.2, 0) is 6.18 Å². The van der Waals surface area contributed by atoms with Crippen LogP contribution in [0.15, 0.2) is 30.3 Å². The summed E-state index contributed by atoms with van der Waals surface area (Å²) in [6.45, 7) is 0. The van der Waals surface area contributed by atoms with Gasteiger partial charge < -0.3 is 0 Å². The van der Waals surface area contributed by atoms with Gasteiger partial charge in [-0.15, -0.1) is 0 Å². The first kappa shape index (κ1) is 13.5. The van der Waals surface area contributed by atoms with Gasteiger partial charge in [-0.2, -0.15) is 13.2 Å². The van der Waals surface area contributed by atoms with Crippen molar-refractivity contribution in [2.45, 2.75) is 6.18 Å². The summed E-state index contributed by atoms with van der Waals surface area (Å²) in [5.74, 6) is -3.59. The van der Waals surface area contributed by atoms with Gasteiger partial charge in [0.25, 0.3) is 0 Å². The average molecular weight is 275 g/mol. The van der Waals surface area contributed by atoms with Crippen molar-refractivity contribution in [2.24, 2.45) is 0 Å². The topological polar surface area (TPSA) is 0 Å². The van der Waals surface area contributed by atoms with Crippen LogP contribution in [0, 0.1) is 23.5 Å². The van der Waals surface area contributed by atoms with E-state index in [1.54, 1.807) is 0 Å². The Labute approximate surface area is 104 Å². The highest BCUT2D eigenvalue weighted by atomic mass is 19.4. The Hall–Kier alpha value is -1.98. The number of hydrogen-bond donors (Lipinski definition) is 0. The van der Waals surface area contributed by atoms with Gasteiger partial charge in [0.05, 0.1) is 11.1 Å². The lowest BCUT2D eigenvalue weighted by atomic mass is 10.0. The van der Waals surface area contributed by atoms with Gasteiger partial charge >= 0.3 is 6.18 Å². The Balaban J connectivity index is 2.59. The van der Waals surface area contributed by atoms with E-state index in [-0.39, 0.29) is 0 Å². The molecule has 2 rings (SSSR count). The van der Waals surface area contributed by atoms with Gasteiger partial charge in [-0.25, -0.2) is 13.2 Å². The maximum Gasteiger partial charge on any atom is 0.417 e. The molecule has 0 atom stereocenters. The fourth-order valence-electron chi connectivity index (χ4n) is 1.58. The molecule has 0 aromatic heterocycles. The normalized spacial score (nSPS) is 11.7. The molecule has 0 N–H and O–H groups in total. The molecule has 1 radical (unpaired) electrons. The minimum Gasteiger partial charge on any atom is -0.206 e. The fraction of sp³-hybridized carbons (Fsp3) is 0.0769. The minimum absolute atomic E-state index is 0.518. The van der Waals surface area contributed by atoms with Crippen molar-refractivity contribution in [1.29, 1.82) is 0 Å². The van der Waals surface area contributed by atoms with E-state index in [0.29, 0.717) is 12.1 Å². The van der Waals surface area contributed by atoms with Crippen molar-refractivity contribution < 1.29 is 26.3 Å². The van der Waals surface area contributed by atoms with Gasteiger partial charge in [0.2, 0.25) is 0 Å². The van der Waals surface area contributed by atoms with Crippen molar-refractivity contribution >= 4 is 0 Å². The molecule has 19 heavy (non-hydrogen) atoms. The molecule has 0 amide bonds. The lowest BCUT2D eigenvalue weighted by molar-refractivity contribution is -0.138. The monoisotopic (exact) mass is 275 g/mol. The zero-order valence-corrected chi connectivity index (χ0v) is 9.15. The van der Waals surface area contributed by atoms with Gasteiger partial charge in [0.15, 0.2) is 0 Å². The fourth-order valence-corrected chi connectivity index (χ4v) is 1.58. The largest absolute Gasteiger partial charge is 0.417 e. The van der Waals surface area contributed by atoms with Crippen LogP contribution in [0.4, 0.5) is 26.3 Å². The molecular weight excluding hydrogens is 270 g/mol. The third-order valence-electron chi connectivity index (χ3n) is 2.44. The Kier molecular flexibility index (Phi) is 3.26. The second kappa shape index (κ2) is 4.60. The van der Waals surface area contributed by atoms with Gasteiger partial charge in [0, 0.05) is 11.6 Å². The molecule has 0 spiro atoms. The molecule has 0 fully saturated rings. The van der Waals surface area contributed by atoms with Crippen molar-refractivity contribution in [3.05, 3.63) is 59.4 Å². The molecule has 0 aliphatic rings. The van der Waals surface area contributed by atoms with E-state index in [2.05, 4.69) is 0 Å². The van der Waals surface area contributed by atoms with Crippen molar-refractivity contribution in [3.8, 4) is 11.1 Å². The summed E-state index contributed by atoms with van der Waals surface area (Å²) < 4.78 is 77.3. The molecule has 2 aromatic carbocycles.